The molecule has 3 rings (SSSR count). The van der Waals surface area contributed by atoms with Crippen LogP contribution < -0.4 is 20.7 Å². The highest BCUT2D eigenvalue weighted by molar-refractivity contribution is 5.94. The van der Waals surface area contributed by atoms with Crippen LogP contribution in [0.1, 0.15) is 38.7 Å². The van der Waals surface area contributed by atoms with Crippen LogP contribution in [0.3, 0.4) is 0 Å². The third-order valence-corrected chi connectivity index (χ3v) is 4.69. The fraction of sp³-hybridized carbons (Fsp3) is 0.381. The lowest BCUT2D eigenvalue weighted by molar-refractivity contribution is -0.115. The SMILES string of the molecule is CCC1CN(CC(=O)Nc2ccc(C(C)C)cc2)c2ccc(N)cc2O1. The summed E-state index contributed by atoms with van der Waals surface area (Å²) in [5, 5.41) is 2.98. The van der Waals surface area contributed by atoms with Crippen LogP contribution in [-0.4, -0.2) is 25.1 Å². The van der Waals surface area contributed by atoms with Crippen LogP contribution in [0.2, 0.25) is 0 Å². The number of amides is 1. The van der Waals surface area contributed by atoms with E-state index in [0.29, 0.717) is 18.2 Å². The van der Waals surface area contributed by atoms with E-state index in [1.54, 1.807) is 0 Å². The van der Waals surface area contributed by atoms with Crippen molar-refractivity contribution >= 4 is 23.0 Å². The fourth-order valence-electron chi connectivity index (χ4n) is 3.13. The lowest BCUT2D eigenvalue weighted by Crippen LogP contribution is -2.43. The Kier molecular flexibility index (Phi) is 5.35. The molecule has 0 saturated heterocycles. The third kappa shape index (κ3) is 4.10. The molecule has 1 atom stereocenters. The smallest absolute Gasteiger partial charge is 0.243 e. The molecule has 0 bridgehead atoms. The molecule has 0 fully saturated rings. The second kappa shape index (κ2) is 7.68. The van der Waals surface area contributed by atoms with E-state index in [0.717, 1.165) is 23.5 Å². The van der Waals surface area contributed by atoms with E-state index in [-0.39, 0.29) is 18.6 Å². The van der Waals surface area contributed by atoms with Gasteiger partial charge in [0, 0.05) is 17.4 Å². The molecule has 0 radical (unpaired) electrons. The Labute approximate surface area is 155 Å². The zero-order chi connectivity index (χ0) is 18.7. The summed E-state index contributed by atoms with van der Waals surface area (Å²) in [6.45, 7) is 7.35. The molecule has 138 valence electrons. The number of benzene rings is 2. The Balaban J connectivity index is 1.70. The fourth-order valence-corrected chi connectivity index (χ4v) is 3.13. The average Bonchev–Trinajstić information content (AvgIpc) is 2.61. The quantitative estimate of drug-likeness (QED) is 0.797. The first kappa shape index (κ1) is 18.1. The van der Waals surface area contributed by atoms with Gasteiger partial charge in [-0.05, 0) is 42.2 Å². The van der Waals surface area contributed by atoms with Crippen molar-refractivity contribution in [3.8, 4) is 5.75 Å². The number of nitrogens with one attached hydrogen (secondary N) is 1. The molecule has 3 N–H and O–H groups in total. The van der Waals surface area contributed by atoms with Crippen molar-refractivity contribution in [1.82, 2.24) is 0 Å². The van der Waals surface area contributed by atoms with Crippen molar-refractivity contribution in [3.63, 3.8) is 0 Å². The first-order valence-corrected chi connectivity index (χ1v) is 9.17. The first-order chi connectivity index (χ1) is 12.5. The maximum absolute atomic E-state index is 12.6. The minimum atomic E-state index is -0.0400. The summed E-state index contributed by atoms with van der Waals surface area (Å²) in [6, 6.07) is 13.6. The second-order valence-corrected chi connectivity index (χ2v) is 7.08. The van der Waals surface area contributed by atoms with E-state index in [1.807, 2.05) is 30.3 Å². The van der Waals surface area contributed by atoms with Gasteiger partial charge in [-0.3, -0.25) is 4.79 Å². The van der Waals surface area contributed by atoms with Gasteiger partial charge in [0.2, 0.25) is 5.91 Å². The summed E-state index contributed by atoms with van der Waals surface area (Å²) in [6.07, 6.45) is 0.936. The van der Waals surface area contributed by atoms with E-state index >= 15 is 0 Å². The minimum Gasteiger partial charge on any atom is -0.486 e. The molecule has 2 aromatic rings. The molecule has 5 nitrogen and oxygen atoms in total. The van der Waals surface area contributed by atoms with Crippen molar-refractivity contribution in [1.29, 1.82) is 0 Å². The number of nitrogens with two attached hydrogens (primary N) is 1. The van der Waals surface area contributed by atoms with Gasteiger partial charge < -0.3 is 20.7 Å². The summed E-state index contributed by atoms with van der Waals surface area (Å²) >= 11 is 0. The van der Waals surface area contributed by atoms with Crippen molar-refractivity contribution in [3.05, 3.63) is 48.0 Å². The topological polar surface area (TPSA) is 67.6 Å². The molecule has 1 aliphatic rings. The molecule has 1 aliphatic heterocycles. The molecule has 1 amide bonds. The predicted octanol–water partition coefficient (Wildman–Crippen LogP) is 4.01. The Hall–Kier alpha value is -2.69. The van der Waals surface area contributed by atoms with Gasteiger partial charge in [0.05, 0.1) is 18.8 Å². The van der Waals surface area contributed by atoms with Gasteiger partial charge in [-0.15, -0.1) is 0 Å². The van der Waals surface area contributed by atoms with Crippen LogP contribution in [0.15, 0.2) is 42.5 Å². The molecular weight excluding hydrogens is 326 g/mol. The zero-order valence-electron chi connectivity index (χ0n) is 15.7. The number of nitrogens with zero attached hydrogens (tertiary/aromatic N) is 1. The van der Waals surface area contributed by atoms with Gasteiger partial charge >= 0.3 is 0 Å². The average molecular weight is 353 g/mol. The minimum absolute atomic E-state index is 0.0400. The summed E-state index contributed by atoms with van der Waals surface area (Å²) in [5.41, 5.74) is 9.52. The lowest BCUT2D eigenvalue weighted by Gasteiger charge is -2.35. The lowest BCUT2D eigenvalue weighted by atomic mass is 10.0. The number of carbonyl (C=O) groups excluding carboxylic acids is 1. The second-order valence-electron chi connectivity index (χ2n) is 7.08. The van der Waals surface area contributed by atoms with Crippen molar-refractivity contribution in [2.75, 3.05) is 29.0 Å². The van der Waals surface area contributed by atoms with Crippen LogP contribution in [0.25, 0.3) is 0 Å². The number of carbonyl (C=O) groups is 1. The van der Waals surface area contributed by atoms with Crippen molar-refractivity contribution < 1.29 is 9.53 Å². The molecule has 5 heteroatoms. The zero-order valence-corrected chi connectivity index (χ0v) is 15.7. The molecule has 1 heterocycles. The number of fused-ring (bicyclic) bond motifs is 1. The summed E-state index contributed by atoms with van der Waals surface area (Å²) in [4.78, 5) is 14.6. The van der Waals surface area contributed by atoms with E-state index in [1.165, 1.54) is 5.56 Å². The molecule has 1 unspecified atom stereocenters. The summed E-state index contributed by atoms with van der Waals surface area (Å²) in [7, 11) is 0. The van der Waals surface area contributed by atoms with Crippen LogP contribution in [-0.2, 0) is 4.79 Å². The van der Waals surface area contributed by atoms with Gasteiger partial charge in [-0.25, -0.2) is 0 Å². The summed E-state index contributed by atoms with van der Waals surface area (Å²) < 4.78 is 5.97. The van der Waals surface area contributed by atoms with E-state index < -0.39 is 0 Å². The molecule has 0 aliphatic carbocycles. The highest BCUT2D eigenvalue weighted by atomic mass is 16.5. The Morgan fingerprint density at radius 1 is 1.27 bits per heavy atom. The van der Waals surface area contributed by atoms with Gasteiger partial charge in [0.15, 0.2) is 0 Å². The Morgan fingerprint density at radius 2 is 2.00 bits per heavy atom. The van der Waals surface area contributed by atoms with E-state index in [9.17, 15) is 4.79 Å². The normalized spacial score (nSPS) is 16.2. The number of hydrogen-bond donors (Lipinski definition) is 2. The Morgan fingerprint density at radius 3 is 2.65 bits per heavy atom. The third-order valence-electron chi connectivity index (χ3n) is 4.69. The predicted molar refractivity (Wildman–Crippen MR) is 107 cm³/mol. The highest BCUT2D eigenvalue weighted by Crippen LogP contribution is 2.35. The van der Waals surface area contributed by atoms with Crippen molar-refractivity contribution in [2.24, 2.45) is 0 Å². The van der Waals surface area contributed by atoms with Gasteiger partial charge in [0.1, 0.15) is 11.9 Å². The molecular formula is C21H27N3O2. The number of anilines is 3. The van der Waals surface area contributed by atoms with Crippen LogP contribution >= 0.6 is 0 Å². The van der Waals surface area contributed by atoms with Crippen LogP contribution in [0.5, 0.6) is 5.75 Å². The number of hydrogen-bond acceptors (Lipinski definition) is 4. The molecule has 2 aromatic carbocycles. The molecule has 26 heavy (non-hydrogen) atoms. The van der Waals surface area contributed by atoms with E-state index in [4.69, 9.17) is 10.5 Å². The molecule has 0 aromatic heterocycles. The van der Waals surface area contributed by atoms with Crippen LogP contribution in [0.4, 0.5) is 17.1 Å². The Bertz CT molecular complexity index is 771. The standard InChI is InChI=1S/C21H27N3O2/c1-4-18-12-24(19-10-7-16(22)11-20(19)26-18)13-21(25)23-17-8-5-15(6-9-17)14(2)3/h5-11,14,18H,4,12-13,22H2,1-3H3,(H,23,25). The number of nitrogen functional groups attached to an aromatic ring is 1. The van der Waals surface area contributed by atoms with Crippen molar-refractivity contribution in [2.45, 2.75) is 39.2 Å². The number of ether oxygens (including phenoxy) is 1. The van der Waals surface area contributed by atoms with Gasteiger partial charge in [-0.1, -0.05) is 32.9 Å². The molecule has 0 saturated carbocycles. The monoisotopic (exact) mass is 353 g/mol. The molecule has 0 spiro atoms. The summed E-state index contributed by atoms with van der Waals surface area (Å²) in [5.74, 6) is 1.18. The van der Waals surface area contributed by atoms with E-state index in [2.05, 4.69) is 43.1 Å². The maximum atomic E-state index is 12.6. The van der Waals surface area contributed by atoms with Gasteiger partial charge in [-0.2, -0.15) is 0 Å². The maximum Gasteiger partial charge on any atom is 0.243 e. The van der Waals surface area contributed by atoms with Crippen LogP contribution in [0, 0.1) is 0 Å². The number of rotatable bonds is 5. The first-order valence-electron chi connectivity index (χ1n) is 9.17. The largest absolute Gasteiger partial charge is 0.486 e. The highest BCUT2D eigenvalue weighted by Gasteiger charge is 2.26. The van der Waals surface area contributed by atoms with Gasteiger partial charge in [0.25, 0.3) is 0 Å².